The van der Waals surface area contributed by atoms with Crippen LogP contribution in [0.2, 0.25) is 0 Å². The minimum atomic E-state index is 0.148. The van der Waals surface area contributed by atoms with Crippen molar-refractivity contribution in [3.05, 3.63) is 17.8 Å². The third-order valence-corrected chi connectivity index (χ3v) is 3.20. The molecule has 1 saturated carbocycles. The van der Waals surface area contributed by atoms with Crippen LogP contribution in [0, 0.1) is 12.8 Å². The van der Waals surface area contributed by atoms with Gasteiger partial charge in [-0.2, -0.15) is 0 Å². The second-order valence-corrected chi connectivity index (χ2v) is 5.05. The highest BCUT2D eigenvalue weighted by Gasteiger charge is 2.37. The Labute approximate surface area is 91.1 Å². The van der Waals surface area contributed by atoms with Crippen molar-refractivity contribution in [2.45, 2.75) is 39.2 Å². The molecule has 1 aromatic rings. The molecule has 0 spiro atoms. The van der Waals surface area contributed by atoms with E-state index in [0.29, 0.717) is 0 Å². The number of anilines is 2. The van der Waals surface area contributed by atoms with E-state index >= 15 is 0 Å². The molecule has 0 aliphatic heterocycles. The monoisotopic (exact) mass is 205 g/mol. The molecule has 1 aromatic heterocycles. The Kier molecular flexibility index (Phi) is 2.33. The van der Waals surface area contributed by atoms with Crippen molar-refractivity contribution < 1.29 is 0 Å². The molecular weight excluding hydrogens is 186 g/mol. The zero-order valence-electron chi connectivity index (χ0n) is 9.67. The van der Waals surface area contributed by atoms with Gasteiger partial charge in [0, 0.05) is 5.54 Å². The fraction of sp³-hybridized carbons (Fsp3) is 0.583. The summed E-state index contributed by atoms with van der Waals surface area (Å²) in [6.45, 7) is 6.47. The number of rotatable bonds is 3. The van der Waals surface area contributed by atoms with Crippen LogP contribution in [0.3, 0.4) is 0 Å². The number of nitrogens with zero attached hydrogens (tertiary/aromatic N) is 1. The first-order valence-electron chi connectivity index (χ1n) is 5.49. The number of aromatic nitrogens is 1. The summed E-state index contributed by atoms with van der Waals surface area (Å²) in [5.41, 5.74) is 7.72. The van der Waals surface area contributed by atoms with Gasteiger partial charge in [0.2, 0.25) is 0 Å². The van der Waals surface area contributed by atoms with Crippen molar-refractivity contribution in [3.8, 4) is 0 Å². The third kappa shape index (κ3) is 2.22. The van der Waals surface area contributed by atoms with Crippen molar-refractivity contribution in [1.82, 2.24) is 4.98 Å². The standard InChI is InChI=1S/C12H19N3/c1-8-6-11(14-7-10(8)13)15-12(2,3)9-4-5-9/h6-7,9H,4-5,13H2,1-3H3,(H,14,15). The number of nitrogen functional groups attached to an aromatic ring is 1. The van der Waals surface area contributed by atoms with E-state index in [2.05, 4.69) is 24.1 Å². The minimum Gasteiger partial charge on any atom is -0.397 e. The zero-order chi connectivity index (χ0) is 11.1. The number of aryl methyl sites for hydroxylation is 1. The molecular formula is C12H19N3. The lowest BCUT2D eigenvalue weighted by molar-refractivity contribution is 0.492. The average Bonchev–Trinajstić information content (AvgIpc) is 2.93. The predicted molar refractivity (Wildman–Crippen MR) is 63.8 cm³/mol. The number of hydrogen-bond donors (Lipinski definition) is 2. The first kappa shape index (κ1) is 10.3. The normalized spacial score (nSPS) is 16.5. The molecule has 1 fully saturated rings. The van der Waals surface area contributed by atoms with Gasteiger partial charge < -0.3 is 11.1 Å². The molecule has 0 bridgehead atoms. The van der Waals surface area contributed by atoms with Crippen LogP contribution < -0.4 is 11.1 Å². The molecule has 82 valence electrons. The van der Waals surface area contributed by atoms with E-state index in [-0.39, 0.29) is 5.54 Å². The average molecular weight is 205 g/mol. The molecule has 15 heavy (non-hydrogen) atoms. The van der Waals surface area contributed by atoms with E-state index in [1.54, 1.807) is 6.20 Å². The minimum absolute atomic E-state index is 0.148. The van der Waals surface area contributed by atoms with Crippen LogP contribution in [0.5, 0.6) is 0 Å². The number of pyridine rings is 1. The first-order chi connectivity index (χ1) is 6.99. The molecule has 3 N–H and O–H groups in total. The smallest absolute Gasteiger partial charge is 0.126 e. The maximum Gasteiger partial charge on any atom is 0.126 e. The largest absolute Gasteiger partial charge is 0.397 e. The van der Waals surface area contributed by atoms with Gasteiger partial charge in [0.25, 0.3) is 0 Å². The highest BCUT2D eigenvalue weighted by atomic mass is 15.1. The van der Waals surface area contributed by atoms with Crippen molar-refractivity contribution in [2.24, 2.45) is 5.92 Å². The molecule has 3 heteroatoms. The maximum absolute atomic E-state index is 5.73. The van der Waals surface area contributed by atoms with E-state index in [0.717, 1.165) is 23.0 Å². The summed E-state index contributed by atoms with van der Waals surface area (Å²) in [5, 5.41) is 3.48. The Morgan fingerprint density at radius 2 is 2.13 bits per heavy atom. The van der Waals surface area contributed by atoms with Crippen LogP contribution in [0.1, 0.15) is 32.3 Å². The van der Waals surface area contributed by atoms with E-state index in [1.807, 2.05) is 13.0 Å². The summed E-state index contributed by atoms with van der Waals surface area (Å²) in [5.74, 6) is 1.72. The number of nitrogens with two attached hydrogens (primary N) is 1. The summed E-state index contributed by atoms with van der Waals surface area (Å²) < 4.78 is 0. The zero-order valence-corrected chi connectivity index (χ0v) is 9.67. The first-order valence-corrected chi connectivity index (χ1v) is 5.49. The second-order valence-electron chi connectivity index (χ2n) is 5.05. The molecule has 0 saturated heterocycles. The maximum atomic E-state index is 5.73. The number of nitrogens with one attached hydrogen (secondary N) is 1. The van der Waals surface area contributed by atoms with Gasteiger partial charge in [-0.3, -0.25) is 0 Å². The van der Waals surface area contributed by atoms with Gasteiger partial charge in [-0.25, -0.2) is 4.98 Å². The van der Waals surface area contributed by atoms with Gasteiger partial charge in [0.05, 0.1) is 11.9 Å². The van der Waals surface area contributed by atoms with Crippen LogP contribution in [-0.2, 0) is 0 Å². The topological polar surface area (TPSA) is 50.9 Å². The Hall–Kier alpha value is -1.25. The lowest BCUT2D eigenvalue weighted by Gasteiger charge is -2.27. The lowest BCUT2D eigenvalue weighted by Crippen LogP contribution is -2.33. The van der Waals surface area contributed by atoms with Gasteiger partial charge in [0.1, 0.15) is 5.82 Å². The molecule has 0 amide bonds. The van der Waals surface area contributed by atoms with E-state index in [4.69, 9.17) is 5.73 Å². The SMILES string of the molecule is Cc1cc(NC(C)(C)C2CC2)ncc1N. The summed E-state index contributed by atoms with van der Waals surface area (Å²) in [6.07, 6.45) is 4.38. The third-order valence-electron chi connectivity index (χ3n) is 3.20. The summed E-state index contributed by atoms with van der Waals surface area (Å²) in [7, 11) is 0. The highest BCUT2D eigenvalue weighted by molar-refractivity contribution is 5.51. The van der Waals surface area contributed by atoms with Crippen LogP contribution in [-0.4, -0.2) is 10.5 Å². The molecule has 0 aromatic carbocycles. The van der Waals surface area contributed by atoms with Crippen molar-refractivity contribution in [2.75, 3.05) is 11.1 Å². The van der Waals surface area contributed by atoms with Crippen molar-refractivity contribution in [1.29, 1.82) is 0 Å². The molecule has 0 unspecified atom stereocenters. The lowest BCUT2D eigenvalue weighted by atomic mass is 9.99. The molecule has 2 rings (SSSR count). The fourth-order valence-electron chi connectivity index (χ4n) is 1.87. The summed E-state index contributed by atoms with van der Waals surface area (Å²) in [4.78, 5) is 4.30. The predicted octanol–water partition coefficient (Wildman–Crippen LogP) is 2.57. The van der Waals surface area contributed by atoms with Crippen LogP contribution >= 0.6 is 0 Å². The quantitative estimate of drug-likeness (QED) is 0.797. The van der Waals surface area contributed by atoms with Gasteiger partial charge in [-0.15, -0.1) is 0 Å². The molecule has 1 aliphatic carbocycles. The second kappa shape index (κ2) is 3.40. The Bertz CT molecular complexity index is 367. The molecule has 1 heterocycles. The van der Waals surface area contributed by atoms with Gasteiger partial charge in [-0.05, 0) is 51.2 Å². The van der Waals surface area contributed by atoms with E-state index < -0.39 is 0 Å². The van der Waals surface area contributed by atoms with Gasteiger partial charge >= 0.3 is 0 Å². The van der Waals surface area contributed by atoms with Crippen LogP contribution in [0.15, 0.2) is 12.3 Å². The summed E-state index contributed by atoms with van der Waals surface area (Å²) >= 11 is 0. The molecule has 0 atom stereocenters. The van der Waals surface area contributed by atoms with Crippen LogP contribution in [0.25, 0.3) is 0 Å². The van der Waals surface area contributed by atoms with Crippen molar-refractivity contribution in [3.63, 3.8) is 0 Å². The number of hydrogen-bond acceptors (Lipinski definition) is 3. The Morgan fingerprint density at radius 3 is 2.67 bits per heavy atom. The van der Waals surface area contributed by atoms with E-state index in [9.17, 15) is 0 Å². The molecule has 1 aliphatic rings. The Balaban J connectivity index is 2.13. The van der Waals surface area contributed by atoms with Crippen molar-refractivity contribution >= 4 is 11.5 Å². The van der Waals surface area contributed by atoms with E-state index in [1.165, 1.54) is 12.8 Å². The summed E-state index contributed by atoms with van der Waals surface area (Å²) in [6, 6.07) is 2.01. The molecule has 3 nitrogen and oxygen atoms in total. The fourth-order valence-corrected chi connectivity index (χ4v) is 1.87. The van der Waals surface area contributed by atoms with Gasteiger partial charge in [0.15, 0.2) is 0 Å². The van der Waals surface area contributed by atoms with Crippen LogP contribution in [0.4, 0.5) is 11.5 Å². The highest BCUT2D eigenvalue weighted by Crippen LogP contribution is 2.40. The molecule has 0 radical (unpaired) electrons. The Morgan fingerprint density at radius 1 is 1.47 bits per heavy atom. The van der Waals surface area contributed by atoms with Gasteiger partial charge in [-0.1, -0.05) is 0 Å².